The monoisotopic (exact) mass is 403 g/mol. The molecule has 5 rings (SSSR count). The molecule has 2 N–H and O–H groups in total. The smallest absolute Gasteiger partial charge is 0.250 e. The van der Waals surface area contributed by atoms with Crippen molar-refractivity contribution in [3.8, 4) is 0 Å². The third-order valence-electron chi connectivity index (χ3n) is 5.77. The number of hydrogen-bond donors (Lipinski definition) is 2. The molecule has 2 aromatic rings. The summed E-state index contributed by atoms with van der Waals surface area (Å²) < 4.78 is 4.85. The van der Waals surface area contributed by atoms with Gasteiger partial charge < -0.3 is 14.2 Å². The molecule has 2 amide bonds. The number of fused-ring (bicyclic) bond motifs is 1. The Morgan fingerprint density at radius 1 is 1.21 bits per heavy atom. The molecule has 4 atom stereocenters. The van der Waals surface area contributed by atoms with Gasteiger partial charge in [-0.1, -0.05) is 0 Å². The number of H-pyrrole nitrogens is 1. The number of aromatic nitrogens is 4. The maximum atomic E-state index is 13.3. The summed E-state index contributed by atoms with van der Waals surface area (Å²) in [5.41, 5.74) is 0.0939. The molecule has 3 saturated heterocycles. The minimum Gasteiger partial charge on any atom is -0.472 e. The second-order valence-corrected chi connectivity index (χ2v) is 10.2. The Kier molecular flexibility index (Phi) is 3.52. The number of carbonyl (C=O) groups excluding carboxylic acids is 2. The average Bonchev–Trinajstić information content (AvgIpc) is 3.38. The van der Waals surface area contributed by atoms with Gasteiger partial charge in [-0.3, -0.25) is 14.9 Å². The van der Waals surface area contributed by atoms with E-state index in [0.717, 1.165) is 5.56 Å². The summed E-state index contributed by atoms with van der Waals surface area (Å²) in [5.74, 6) is 0.362. The Labute approximate surface area is 165 Å². The van der Waals surface area contributed by atoms with Crippen LogP contribution < -0.4 is 5.32 Å². The van der Waals surface area contributed by atoms with Crippen molar-refractivity contribution in [1.82, 2.24) is 35.7 Å². The molecule has 11 heteroatoms. The minimum absolute atomic E-state index is 0.0828. The molecule has 0 saturated carbocycles. The molecular weight excluding hydrogens is 382 g/mol. The van der Waals surface area contributed by atoms with Crippen LogP contribution in [0.3, 0.4) is 0 Å². The number of aromatic amines is 1. The maximum Gasteiger partial charge on any atom is 0.250 e. The van der Waals surface area contributed by atoms with E-state index < -0.39 is 17.7 Å². The predicted molar refractivity (Wildman–Crippen MR) is 98.5 cm³/mol. The second kappa shape index (κ2) is 5.57. The molecule has 3 aliphatic heterocycles. The first-order valence-corrected chi connectivity index (χ1v) is 9.97. The van der Waals surface area contributed by atoms with Crippen LogP contribution in [0.4, 0.5) is 0 Å². The Morgan fingerprint density at radius 3 is 2.64 bits per heavy atom. The number of nitrogens with zero attached hydrogens (tertiary/aromatic N) is 5. The highest BCUT2D eigenvalue weighted by molar-refractivity contribution is 8.01. The standard InChI is InChI=1S/C17H21N7O3S/c1-16(2)11(12-19-21-22-20-12)23-14(26)10(15(23)28-16)24-13(25)9(18-17(24,3)4)8-5-6-27-7-8/h5-7,9-11,15,18H,1-4H3,(H,19,20,21,22)/t9?,10?,11?,15-/m1/s1. The summed E-state index contributed by atoms with van der Waals surface area (Å²) >= 11 is 1.67. The molecule has 10 nitrogen and oxygen atoms in total. The maximum absolute atomic E-state index is 13.3. The van der Waals surface area contributed by atoms with Crippen LogP contribution in [0.1, 0.15) is 51.2 Å². The zero-order chi connectivity index (χ0) is 19.8. The van der Waals surface area contributed by atoms with Gasteiger partial charge in [0.2, 0.25) is 11.8 Å². The van der Waals surface area contributed by atoms with Crippen molar-refractivity contribution in [2.24, 2.45) is 0 Å². The average molecular weight is 403 g/mol. The van der Waals surface area contributed by atoms with Crippen molar-refractivity contribution >= 4 is 23.6 Å². The fourth-order valence-corrected chi connectivity index (χ4v) is 6.29. The lowest BCUT2D eigenvalue weighted by Crippen LogP contribution is -2.71. The van der Waals surface area contributed by atoms with Crippen LogP contribution in [0.2, 0.25) is 0 Å². The van der Waals surface area contributed by atoms with E-state index in [4.69, 9.17) is 4.42 Å². The molecule has 0 bridgehead atoms. The summed E-state index contributed by atoms with van der Waals surface area (Å²) in [4.78, 5) is 30.0. The van der Waals surface area contributed by atoms with Crippen LogP contribution >= 0.6 is 11.8 Å². The molecule has 28 heavy (non-hydrogen) atoms. The first-order valence-electron chi connectivity index (χ1n) is 9.09. The number of furan rings is 1. The Balaban J connectivity index is 1.47. The third kappa shape index (κ3) is 2.23. The SMILES string of the molecule is CC1(C)S[C@@H]2C(N3C(=O)C(c4ccoc4)NC3(C)C)C(=O)N2C1c1nnn[nH]1. The number of rotatable bonds is 3. The molecular formula is C17H21N7O3S. The second-order valence-electron chi connectivity index (χ2n) is 8.39. The van der Waals surface area contributed by atoms with Crippen LogP contribution in [0.25, 0.3) is 0 Å². The van der Waals surface area contributed by atoms with Crippen molar-refractivity contribution < 1.29 is 14.0 Å². The zero-order valence-corrected chi connectivity index (χ0v) is 16.7. The van der Waals surface area contributed by atoms with Crippen molar-refractivity contribution in [2.75, 3.05) is 0 Å². The summed E-state index contributed by atoms with van der Waals surface area (Å²) in [6.45, 7) is 7.97. The van der Waals surface area contributed by atoms with E-state index in [1.54, 1.807) is 40.2 Å². The van der Waals surface area contributed by atoms with Crippen LogP contribution in [-0.4, -0.2) is 64.1 Å². The lowest BCUT2D eigenvalue weighted by atomic mass is 9.93. The Hall–Kier alpha value is -2.40. The van der Waals surface area contributed by atoms with Crippen LogP contribution in [0.15, 0.2) is 23.0 Å². The number of carbonyl (C=O) groups is 2. The van der Waals surface area contributed by atoms with Crippen LogP contribution in [0, 0.1) is 0 Å². The highest BCUT2D eigenvalue weighted by Gasteiger charge is 2.67. The lowest BCUT2D eigenvalue weighted by Gasteiger charge is -2.50. The molecule has 5 heterocycles. The number of amides is 2. The van der Waals surface area contributed by atoms with E-state index in [1.165, 1.54) is 0 Å². The van der Waals surface area contributed by atoms with Gasteiger partial charge in [-0.05, 0) is 44.2 Å². The molecule has 3 unspecified atom stereocenters. The Bertz CT molecular complexity index is 927. The van der Waals surface area contributed by atoms with Gasteiger partial charge in [-0.15, -0.1) is 16.9 Å². The van der Waals surface area contributed by atoms with Crippen molar-refractivity contribution in [3.05, 3.63) is 30.0 Å². The van der Waals surface area contributed by atoms with Gasteiger partial charge in [-0.2, -0.15) is 0 Å². The summed E-state index contributed by atoms with van der Waals surface area (Å²) in [6.07, 6.45) is 3.10. The van der Waals surface area contributed by atoms with Crippen molar-refractivity contribution in [1.29, 1.82) is 0 Å². The summed E-state index contributed by atoms with van der Waals surface area (Å²) in [7, 11) is 0. The molecule has 0 radical (unpaired) electrons. The van der Waals surface area contributed by atoms with E-state index >= 15 is 0 Å². The summed E-state index contributed by atoms with van der Waals surface area (Å²) in [5, 5.41) is 17.3. The largest absolute Gasteiger partial charge is 0.472 e. The van der Waals surface area contributed by atoms with E-state index in [2.05, 4.69) is 39.8 Å². The number of nitrogens with one attached hydrogen (secondary N) is 2. The lowest BCUT2D eigenvalue weighted by molar-refractivity contribution is -0.165. The van der Waals surface area contributed by atoms with Crippen molar-refractivity contribution in [3.63, 3.8) is 0 Å². The van der Waals surface area contributed by atoms with Gasteiger partial charge in [0.15, 0.2) is 5.82 Å². The molecule has 3 aliphatic rings. The molecule has 2 aromatic heterocycles. The molecule has 0 spiro atoms. The van der Waals surface area contributed by atoms with E-state index in [1.807, 2.05) is 13.8 Å². The van der Waals surface area contributed by atoms with Gasteiger partial charge >= 0.3 is 0 Å². The van der Waals surface area contributed by atoms with Gasteiger partial charge in [-0.25, -0.2) is 5.10 Å². The fourth-order valence-electron chi connectivity index (χ4n) is 4.61. The molecule has 3 fully saturated rings. The fraction of sp³-hybridized carbons (Fsp3) is 0.588. The first kappa shape index (κ1) is 17.7. The number of hydrogen-bond acceptors (Lipinski definition) is 8. The first-order chi connectivity index (χ1) is 13.2. The highest BCUT2D eigenvalue weighted by atomic mass is 32.2. The van der Waals surface area contributed by atoms with Gasteiger partial charge in [0, 0.05) is 10.3 Å². The van der Waals surface area contributed by atoms with Gasteiger partial charge in [0.1, 0.15) is 23.5 Å². The van der Waals surface area contributed by atoms with E-state index in [9.17, 15) is 9.59 Å². The quantitative estimate of drug-likeness (QED) is 0.722. The van der Waals surface area contributed by atoms with E-state index in [-0.39, 0.29) is 28.0 Å². The molecule has 0 aliphatic carbocycles. The van der Waals surface area contributed by atoms with Crippen molar-refractivity contribution in [2.45, 2.75) is 61.6 Å². The number of tetrazole rings is 1. The zero-order valence-electron chi connectivity index (χ0n) is 15.9. The van der Waals surface area contributed by atoms with Gasteiger partial charge in [0.25, 0.3) is 0 Å². The normalized spacial score (nSPS) is 33.3. The predicted octanol–water partition coefficient (Wildman–Crippen LogP) is 0.805. The van der Waals surface area contributed by atoms with E-state index in [0.29, 0.717) is 5.82 Å². The third-order valence-corrected chi connectivity index (χ3v) is 7.33. The van der Waals surface area contributed by atoms with Gasteiger partial charge in [0.05, 0.1) is 18.2 Å². The molecule has 0 aromatic carbocycles. The highest BCUT2D eigenvalue weighted by Crippen LogP contribution is 2.58. The van der Waals surface area contributed by atoms with Crippen LogP contribution in [0.5, 0.6) is 0 Å². The number of β-lactam (4-membered cyclic amide) rings is 1. The topological polar surface area (TPSA) is 120 Å². The van der Waals surface area contributed by atoms with Crippen LogP contribution in [-0.2, 0) is 9.59 Å². The Morgan fingerprint density at radius 2 is 2.00 bits per heavy atom. The molecule has 148 valence electrons. The number of thioether (sulfide) groups is 1. The summed E-state index contributed by atoms with van der Waals surface area (Å²) in [6, 6.07) is 0.450. The minimum atomic E-state index is -0.665.